The van der Waals surface area contributed by atoms with E-state index in [4.69, 9.17) is 9.47 Å². The highest BCUT2D eigenvalue weighted by Crippen LogP contribution is 2.52. The highest BCUT2D eigenvalue weighted by molar-refractivity contribution is 5.67. The van der Waals surface area contributed by atoms with Gasteiger partial charge in [-0.2, -0.15) is 0 Å². The smallest absolute Gasteiger partial charge is 0.407 e. The van der Waals surface area contributed by atoms with Crippen molar-refractivity contribution in [3.8, 4) is 0 Å². The lowest BCUT2D eigenvalue weighted by Crippen LogP contribution is -2.56. The van der Waals surface area contributed by atoms with Gasteiger partial charge in [-0.25, -0.2) is 4.79 Å². The first-order valence-electron chi connectivity index (χ1n) is 8.79. The van der Waals surface area contributed by atoms with E-state index in [1.165, 1.54) is 5.57 Å². The van der Waals surface area contributed by atoms with Crippen LogP contribution in [0.4, 0.5) is 4.79 Å². The number of hydrogen-bond acceptors (Lipinski definition) is 3. The Morgan fingerprint density at radius 2 is 2.30 bits per heavy atom. The highest BCUT2D eigenvalue weighted by atomic mass is 16.6. The van der Waals surface area contributed by atoms with Gasteiger partial charge in [0.15, 0.2) is 0 Å². The molecule has 0 radical (unpaired) electrons. The van der Waals surface area contributed by atoms with Crippen molar-refractivity contribution in [2.75, 3.05) is 19.8 Å². The lowest BCUT2D eigenvalue weighted by Gasteiger charge is -2.54. The van der Waals surface area contributed by atoms with Crippen LogP contribution >= 0.6 is 0 Å². The summed E-state index contributed by atoms with van der Waals surface area (Å²) >= 11 is 0. The van der Waals surface area contributed by atoms with Crippen molar-refractivity contribution in [1.82, 2.24) is 5.32 Å². The minimum absolute atomic E-state index is 0.0558. The molecule has 1 amide bonds. The van der Waals surface area contributed by atoms with E-state index in [1.54, 1.807) is 0 Å². The predicted octanol–water partition coefficient (Wildman–Crippen LogP) is 3.93. The molecule has 5 atom stereocenters. The second kappa shape index (κ2) is 7.52. The van der Waals surface area contributed by atoms with Gasteiger partial charge >= 0.3 is 6.09 Å². The van der Waals surface area contributed by atoms with Crippen LogP contribution in [0.5, 0.6) is 0 Å². The molecule has 1 aliphatic carbocycles. The Morgan fingerprint density at radius 1 is 1.57 bits per heavy atom. The van der Waals surface area contributed by atoms with Gasteiger partial charge in [0.05, 0.1) is 12.7 Å². The fraction of sp³-hybridized carbons (Fsp3) is 0.737. The van der Waals surface area contributed by atoms with E-state index in [9.17, 15) is 4.79 Å². The maximum atomic E-state index is 11.9. The Morgan fingerprint density at radius 3 is 2.96 bits per heavy atom. The van der Waals surface area contributed by atoms with Crippen molar-refractivity contribution in [2.24, 2.45) is 23.2 Å². The SMILES string of the molecule is C=CC1OC[C@@]2(COC(=O)NCCCC)C(C)C=C(C)C1[C@@H]2C. The van der Waals surface area contributed by atoms with Crippen molar-refractivity contribution >= 4 is 6.09 Å². The zero-order valence-corrected chi connectivity index (χ0v) is 14.9. The molecule has 3 unspecified atom stereocenters. The van der Waals surface area contributed by atoms with E-state index in [2.05, 4.69) is 45.7 Å². The average Bonchev–Trinajstić information content (AvgIpc) is 2.52. The number of fused-ring (bicyclic) bond motifs is 2. The molecule has 1 saturated heterocycles. The molecular weight excluding hydrogens is 290 g/mol. The molecule has 1 heterocycles. The number of unbranched alkanes of at least 4 members (excludes halogenated alkanes) is 1. The van der Waals surface area contributed by atoms with E-state index < -0.39 is 0 Å². The van der Waals surface area contributed by atoms with Crippen molar-refractivity contribution in [3.05, 3.63) is 24.3 Å². The second-order valence-electron chi connectivity index (χ2n) is 7.11. The average molecular weight is 321 g/mol. The fourth-order valence-electron chi connectivity index (χ4n) is 4.14. The molecule has 1 fully saturated rings. The highest BCUT2D eigenvalue weighted by Gasteiger charge is 2.53. The third-order valence-electron chi connectivity index (χ3n) is 5.79. The molecule has 0 aromatic carbocycles. The zero-order chi connectivity index (χ0) is 17.0. The summed E-state index contributed by atoms with van der Waals surface area (Å²) < 4.78 is 11.6. The van der Waals surface area contributed by atoms with Crippen molar-refractivity contribution in [2.45, 2.75) is 46.6 Å². The zero-order valence-electron chi connectivity index (χ0n) is 14.9. The molecule has 23 heavy (non-hydrogen) atoms. The molecule has 1 N–H and O–H groups in total. The fourth-order valence-corrected chi connectivity index (χ4v) is 4.14. The number of nitrogens with one attached hydrogen (secondary N) is 1. The molecule has 2 aliphatic rings. The molecule has 0 aromatic rings. The summed E-state index contributed by atoms with van der Waals surface area (Å²) in [7, 11) is 0. The van der Waals surface area contributed by atoms with Crippen molar-refractivity contribution in [3.63, 3.8) is 0 Å². The Bertz CT molecular complexity index is 473. The summed E-state index contributed by atoms with van der Waals surface area (Å²) in [6.45, 7) is 14.3. The van der Waals surface area contributed by atoms with Crippen LogP contribution in [0.15, 0.2) is 24.3 Å². The quantitative estimate of drug-likeness (QED) is 0.595. The molecule has 2 bridgehead atoms. The van der Waals surface area contributed by atoms with E-state index in [0.29, 0.717) is 37.5 Å². The Kier molecular flexibility index (Phi) is 5.90. The van der Waals surface area contributed by atoms with E-state index in [-0.39, 0.29) is 17.6 Å². The van der Waals surface area contributed by atoms with Gasteiger partial charge in [-0.05, 0) is 25.2 Å². The second-order valence-corrected chi connectivity index (χ2v) is 7.11. The first-order valence-corrected chi connectivity index (χ1v) is 8.79. The molecule has 2 rings (SSSR count). The Balaban J connectivity index is 2.07. The molecule has 0 aromatic heterocycles. The van der Waals surface area contributed by atoms with Crippen LogP contribution in [-0.2, 0) is 9.47 Å². The summed E-state index contributed by atoms with van der Waals surface area (Å²) in [6.07, 6.45) is 5.99. The molecule has 0 spiro atoms. The monoisotopic (exact) mass is 321 g/mol. The summed E-state index contributed by atoms with van der Waals surface area (Å²) in [6, 6.07) is 0. The van der Waals surface area contributed by atoms with Gasteiger partial charge in [-0.3, -0.25) is 0 Å². The van der Waals surface area contributed by atoms with Gasteiger partial charge in [0.2, 0.25) is 0 Å². The predicted molar refractivity (Wildman–Crippen MR) is 92.2 cm³/mol. The number of carbonyl (C=O) groups excluding carboxylic acids is 1. The van der Waals surface area contributed by atoms with E-state index >= 15 is 0 Å². The van der Waals surface area contributed by atoms with Gasteiger partial charge in [0, 0.05) is 17.9 Å². The van der Waals surface area contributed by atoms with E-state index in [1.807, 2.05) is 6.08 Å². The van der Waals surface area contributed by atoms with Crippen LogP contribution in [0.25, 0.3) is 0 Å². The number of alkyl carbamates (subject to hydrolysis) is 1. The minimum Gasteiger partial charge on any atom is -0.449 e. The third kappa shape index (κ3) is 3.47. The molecule has 0 saturated carbocycles. The number of rotatable bonds is 6. The van der Waals surface area contributed by atoms with Crippen LogP contribution < -0.4 is 5.32 Å². The summed E-state index contributed by atoms with van der Waals surface area (Å²) in [5.74, 6) is 1.04. The van der Waals surface area contributed by atoms with Gasteiger partial charge in [-0.1, -0.05) is 44.9 Å². The molecule has 130 valence electrons. The maximum absolute atomic E-state index is 11.9. The number of amides is 1. The van der Waals surface area contributed by atoms with Crippen LogP contribution in [0.1, 0.15) is 40.5 Å². The minimum atomic E-state index is -0.319. The number of carbonyl (C=O) groups is 1. The number of hydrogen-bond donors (Lipinski definition) is 1. The Hall–Kier alpha value is -1.29. The standard InChI is InChI=1S/C19H31NO3/c1-6-8-9-20-18(21)23-12-19-11-22-16(7-2)17(15(19)5)13(3)10-14(19)4/h7,10,14-17H,2,6,8-9,11-12H2,1,3-5H3,(H,20,21)/t14?,15-,16?,17?,19+/m0/s1. The van der Waals surface area contributed by atoms with Crippen LogP contribution in [-0.4, -0.2) is 32.0 Å². The third-order valence-corrected chi connectivity index (χ3v) is 5.79. The molecular formula is C19H31NO3. The van der Waals surface area contributed by atoms with Crippen molar-refractivity contribution in [1.29, 1.82) is 0 Å². The number of allylic oxidation sites excluding steroid dienone is 1. The summed E-state index contributed by atoms with van der Waals surface area (Å²) in [4.78, 5) is 11.9. The van der Waals surface area contributed by atoms with Gasteiger partial charge in [0.1, 0.15) is 6.61 Å². The van der Waals surface area contributed by atoms with Crippen LogP contribution in [0.2, 0.25) is 0 Å². The first-order chi connectivity index (χ1) is 11.0. The van der Waals surface area contributed by atoms with E-state index in [0.717, 1.165) is 12.8 Å². The first kappa shape index (κ1) is 18.1. The molecule has 1 aliphatic heterocycles. The molecule has 4 nitrogen and oxygen atoms in total. The summed E-state index contributed by atoms with van der Waals surface area (Å²) in [5.41, 5.74) is 1.21. The lowest BCUT2D eigenvalue weighted by atomic mass is 9.56. The van der Waals surface area contributed by atoms with Gasteiger partial charge in [0.25, 0.3) is 0 Å². The van der Waals surface area contributed by atoms with Gasteiger partial charge < -0.3 is 14.8 Å². The van der Waals surface area contributed by atoms with Gasteiger partial charge in [-0.15, -0.1) is 6.58 Å². The van der Waals surface area contributed by atoms with Crippen LogP contribution in [0.3, 0.4) is 0 Å². The number of ether oxygens (including phenoxy) is 2. The summed E-state index contributed by atoms with van der Waals surface area (Å²) in [5, 5.41) is 2.82. The lowest BCUT2D eigenvalue weighted by molar-refractivity contribution is -0.148. The van der Waals surface area contributed by atoms with Crippen LogP contribution in [0, 0.1) is 23.2 Å². The molecule has 4 heteroatoms. The Labute approximate surface area is 140 Å². The normalized spacial score (nSPS) is 36.1. The van der Waals surface area contributed by atoms with Crippen molar-refractivity contribution < 1.29 is 14.3 Å². The largest absolute Gasteiger partial charge is 0.449 e. The topological polar surface area (TPSA) is 47.6 Å². The maximum Gasteiger partial charge on any atom is 0.407 e.